The van der Waals surface area contributed by atoms with Gasteiger partial charge in [-0.2, -0.15) is 0 Å². The van der Waals surface area contributed by atoms with Crippen LogP contribution in [0.1, 0.15) is 65.6 Å². The molecule has 4 heteroatoms. The normalized spacial score (nSPS) is 31.2. The number of rotatable bonds is 2. The van der Waals surface area contributed by atoms with Gasteiger partial charge in [-0.3, -0.25) is 9.59 Å². The molecular formula is C26H28N2O2. The van der Waals surface area contributed by atoms with Crippen LogP contribution in [-0.4, -0.2) is 11.7 Å². The Morgan fingerprint density at radius 1 is 1.17 bits per heavy atom. The molecule has 2 saturated carbocycles. The van der Waals surface area contributed by atoms with Crippen molar-refractivity contribution in [2.45, 2.75) is 44.9 Å². The number of primary amides is 1. The van der Waals surface area contributed by atoms with Gasteiger partial charge in [-0.15, -0.1) is 0 Å². The standard InChI is InChI=1S/C26H28N2O2/c1-26-10-9-21-20-8-6-19(27)13-16(20)5-7-22(21)23(26)14-18(24(26)29)12-15-3-2-4-17(11-15)25(28)30/h2-4,6,8,11-13,21-23H,5,7,9-10,14,27H2,1H3,(H2,28,30)/t21-,22-,23+,26+/m1/s1. The fourth-order valence-electron chi connectivity index (χ4n) is 6.38. The zero-order chi connectivity index (χ0) is 21.0. The van der Waals surface area contributed by atoms with Gasteiger partial charge in [-0.1, -0.05) is 25.1 Å². The molecule has 30 heavy (non-hydrogen) atoms. The molecule has 4 nitrogen and oxygen atoms in total. The van der Waals surface area contributed by atoms with Crippen molar-refractivity contribution in [2.75, 3.05) is 5.73 Å². The van der Waals surface area contributed by atoms with Crippen LogP contribution in [0.15, 0.2) is 48.0 Å². The number of nitrogens with two attached hydrogens (primary N) is 2. The highest BCUT2D eigenvalue weighted by Crippen LogP contribution is 2.60. The molecule has 0 radical (unpaired) electrons. The second kappa shape index (κ2) is 6.83. The molecule has 4 atom stereocenters. The summed E-state index contributed by atoms with van der Waals surface area (Å²) >= 11 is 0. The first-order chi connectivity index (χ1) is 14.4. The number of nitrogen functional groups attached to an aromatic ring is 1. The lowest BCUT2D eigenvalue weighted by Gasteiger charge is -2.48. The lowest BCUT2D eigenvalue weighted by Crippen LogP contribution is -2.42. The minimum atomic E-state index is -0.446. The molecule has 0 heterocycles. The van der Waals surface area contributed by atoms with E-state index < -0.39 is 5.91 Å². The average Bonchev–Trinajstić information content (AvgIpc) is 2.98. The highest BCUT2D eigenvalue weighted by Gasteiger charge is 2.56. The van der Waals surface area contributed by atoms with Gasteiger partial charge in [0.15, 0.2) is 5.78 Å². The Bertz CT molecular complexity index is 1090. The van der Waals surface area contributed by atoms with Crippen LogP contribution in [0, 0.1) is 17.3 Å². The molecule has 3 aliphatic carbocycles. The summed E-state index contributed by atoms with van der Waals surface area (Å²) in [5.74, 6) is 1.28. The number of hydrogen-bond acceptors (Lipinski definition) is 3. The third-order valence-electron chi connectivity index (χ3n) is 7.90. The monoisotopic (exact) mass is 400 g/mol. The Morgan fingerprint density at radius 2 is 2.00 bits per heavy atom. The number of fused-ring (bicyclic) bond motifs is 5. The summed E-state index contributed by atoms with van der Waals surface area (Å²) in [6.45, 7) is 2.18. The van der Waals surface area contributed by atoms with E-state index in [0.717, 1.165) is 48.9 Å². The van der Waals surface area contributed by atoms with Crippen LogP contribution in [0.4, 0.5) is 5.69 Å². The average molecular weight is 401 g/mol. The van der Waals surface area contributed by atoms with Gasteiger partial charge < -0.3 is 11.5 Å². The number of carbonyl (C=O) groups is 2. The number of allylic oxidation sites excluding steroid dienone is 1. The minimum absolute atomic E-state index is 0.278. The van der Waals surface area contributed by atoms with Crippen LogP contribution >= 0.6 is 0 Å². The number of anilines is 1. The summed E-state index contributed by atoms with van der Waals surface area (Å²) < 4.78 is 0. The summed E-state index contributed by atoms with van der Waals surface area (Å²) in [6, 6.07) is 13.6. The van der Waals surface area contributed by atoms with Crippen molar-refractivity contribution < 1.29 is 9.59 Å². The van der Waals surface area contributed by atoms with Crippen LogP contribution in [0.2, 0.25) is 0 Å². The summed E-state index contributed by atoms with van der Waals surface area (Å²) in [5, 5.41) is 0. The zero-order valence-corrected chi connectivity index (χ0v) is 17.4. The number of ketones is 1. The number of Topliss-reactive ketones (excluding diaryl/α,β-unsaturated/α-hetero) is 1. The topological polar surface area (TPSA) is 86.2 Å². The van der Waals surface area contributed by atoms with E-state index in [9.17, 15) is 9.59 Å². The van der Waals surface area contributed by atoms with E-state index in [4.69, 9.17) is 11.5 Å². The lowest BCUT2D eigenvalue weighted by atomic mass is 9.55. The molecule has 0 aliphatic heterocycles. The van der Waals surface area contributed by atoms with Crippen molar-refractivity contribution in [1.29, 1.82) is 0 Å². The van der Waals surface area contributed by atoms with Crippen molar-refractivity contribution in [2.24, 2.45) is 23.0 Å². The third-order valence-corrected chi connectivity index (χ3v) is 7.90. The van der Waals surface area contributed by atoms with E-state index in [-0.39, 0.29) is 5.41 Å². The Morgan fingerprint density at radius 3 is 2.80 bits per heavy atom. The lowest BCUT2D eigenvalue weighted by molar-refractivity contribution is -0.127. The number of aryl methyl sites for hydroxylation is 1. The molecule has 2 aromatic rings. The molecule has 0 unspecified atom stereocenters. The maximum Gasteiger partial charge on any atom is 0.248 e. The van der Waals surface area contributed by atoms with Gasteiger partial charge in [0.05, 0.1) is 0 Å². The van der Waals surface area contributed by atoms with Crippen molar-refractivity contribution in [3.8, 4) is 0 Å². The van der Waals surface area contributed by atoms with Crippen molar-refractivity contribution in [3.63, 3.8) is 0 Å². The van der Waals surface area contributed by atoms with Crippen molar-refractivity contribution in [3.05, 3.63) is 70.3 Å². The van der Waals surface area contributed by atoms with Crippen LogP contribution in [0.5, 0.6) is 0 Å². The molecule has 1 amide bonds. The second-order valence-corrected chi connectivity index (χ2v) is 9.52. The molecule has 2 aromatic carbocycles. The van der Waals surface area contributed by atoms with E-state index >= 15 is 0 Å². The van der Waals surface area contributed by atoms with Gasteiger partial charge in [-0.25, -0.2) is 0 Å². The molecule has 4 N–H and O–H groups in total. The van der Waals surface area contributed by atoms with Gasteiger partial charge in [-0.05, 0) is 102 Å². The van der Waals surface area contributed by atoms with Crippen LogP contribution < -0.4 is 11.5 Å². The van der Waals surface area contributed by atoms with E-state index in [2.05, 4.69) is 19.1 Å². The maximum absolute atomic E-state index is 13.5. The molecule has 154 valence electrons. The fourth-order valence-corrected chi connectivity index (χ4v) is 6.38. The first-order valence-electron chi connectivity index (χ1n) is 10.9. The Balaban J connectivity index is 1.48. The van der Waals surface area contributed by atoms with E-state index in [1.165, 1.54) is 11.1 Å². The predicted molar refractivity (Wildman–Crippen MR) is 119 cm³/mol. The summed E-state index contributed by atoms with van der Waals surface area (Å²) in [4.78, 5) is 25.0. The molecule has 0 spiro atoms. The van der Waals surface area contributed by atoms with Crippen molar-refractivity contribution in [1.82, 2.24) is 0 Å². The largest absolute Gasteiger partial charge is 0.399 e. The van der Waals surface area contributed by atoms with Gasteiger partial charge >= 0.3 is 0 Å². The molecule has 3 aliphatic rings. The summed E-state index contributed by atoms with van der Waals surface area (Å²) in [5.41, 5.74) is 17.1. The maximum atomic E-state index is 13.5. The van der Waals surface area contributed by atoms with E-state index in [1.807, 2.05) is 24.3 Å². The Labute approximate surface area is 177 Å². The minimum Gasteiger partial charge on any atom is -0.399 e. The highest BCUT2D eigenvalue weighted by atomic mass is 16.1. The van der Waals surface area contributed by atoms with Gasteiger partial charge in [0, 0.05) is 16.7 Å². The number of amides is 1. The smallest absolute Gasteiger partial charge is 0.248 e. The molecule has 0 saturated heterocycles. The van der Waals surface area contributed by atoms with Crippen LogP contribution in [-0.2, 0) is 11.2 Å². The number of hydrogen-bond donors (Lipinski definition) is 2. The number of carbonyl (C=O) groups excluding carboxylic acids is 2. The van der Waals surface area contributed by atoms with Gasteiger partial charge in [0.25, 0.3) is 0 Å². The third kappa shape index (κ3) is 2.89. The quantitative estimate of drug-likeness (QED) is 0.575. The van der Waals surface area contributed by atoms with E-state index in [0.29, 0.717) is 29.1 Å². The van der Waals surface area contributed by atoms with Crippen LogP contribution in [0.25, 0.3) is 6.08 Å². The van der Waals surface area contributed by atoms with E-state index in [1.54, 1.807) is 12.1 Å². The highest BCUT2D eigenvalue weighted by molar-refractivity contribution is 6.06. The van der Waals surface area contributed by atoms with Crippen LogP contribution in [0.3, 0.4) is 0 Å². The number of benzene rings is 2. The predicted octanol–water partition coefficient (Wildman–Crippen LogP) is 4.49. The molecule has 0 bridgehead atoms. The fraction of sp³-hybridized carbons (Fsp3) is 0.385. The SMILES string of the molecule is C[C@]12CC[C@@H]3c4ccc(N)cc4CC[C@H]3[C@@H]1CC(=Cc1cccc(C(N)=O)c1)C2=O. The van der Waals surface area contributed by atoms with Crippen molar-refractivity contribution >= 4 is 23.5 Å². The molecular weight excluding hydrogens is 372 g/mol. The first-order valence-corrected chi connectivity index (χ1v) is 10.9. The van der Waals surface area contributed by atoms with Gasteiger partial charge in [0.2, 0.25) is 5.91 Å². The summed E-state index contributed by atoms with van der Waals surface area (Å²) in [6.07, 6.45) is 6.96. The molecule has 2 fully saturated rings. The summed E-state index contributed by atoms with van der Waals surface area (Å²) in [7, 11) is 0. The Kier molecular flexibility index (Phi) is 4.35. The zero-order valence-electron chi connectivity index (χ0n) is 17.4. The second-order valence-electron chi connectivity index (χ2n) is 9.52. The Hall–Kier alpha value is -2.88. The first kappa shape index (κ1) is 19.1. The van der Waals surface area contributed by atoms with Gasteiger partial charge in [0.1, 0.15) is 0 Å². The molecule has 0 aromatic heterocycles. The molecule has 5 rings (SSSR count).